The summed E-state index contributed by atoms with van der Waals surface area (Å²) in [5, 5.41) is 12.2. The van der Waals surface area contributed by atoms with Crippen molar-refractivity contribution in [1.29, 1.82) is 0 Å². The quantitative estimate of drug-likeness (QED) is 0.147. The molecule has 4 aliphatic rings. The number of ether oxygens (including phenoxy) is 1. The van der Waals surface area contributed by atoms with Gasteiger partial charge in [0.25, 0.3) is 11.8 Å². The molecular weight excluding hydrogens is 707 g/mol. The largest absolute Gasteiger partial charge is 0.508 e. The Bertz CT molecular complexity index is 2140. The summed E-state index contributed by atoms with van der Waals surface area (Å²) in [6.07, 6.45) is 1.11. The van der Waals surface area contributed by atoms with Gasteiger partial charge in [-0.05, 0) is 89.1 Å². The number of nitrogens with one attached hydrogen (secondary N) is 1. The highest BCUT2D eigenvalue weighted by atomic mass is 16.5. The number of carbonyl (C=O) groups excluding carboxylic acids is 4. The average molecular weight is 754 g/mol. The highest BCUT2D eigenvalue weighted by Gasteiger charge is 2.45. The molecule has 56 heavy (non-hydrogen) atoms. The minimum atomic E-state index is -0.963. The first-order valence-corrected chi connectivity index (χ1v) is 19.6. The summed E-state index contributed by atoms with van der Waals surface area (Å²) in [7, 11) is 0. The predicted molar refractivity (Wildman–Crippen MR) is 214 cm³/mol. The summed E-state index contributed by atoms with van der Waals surface area (Å²) in [5.74, 6) is -0.233. The van der Waals surface area contributed by atoms with Crippen molar-refractivity contribution < 1.29 is 29.0 Å². The first-order chi connectivity index (χ1) is 27.2. The van der Waals surface area contributed by atoms with Crippen molar-refractivity contribution in [2.75, 3.05) is 63.9 Å². The van der Waals surface area contributed by atoms with Crippen molar-refractivity contribution >= 4 is 40.5 Å². The maximum absolute atomic E-state index is 13.3. The number of imide groups is 2. The van der Waals surface area contributed by atoms with E-state index >= 15 is 0 Å². The smallest absolute Gasteiger partial charge is 0.262 e. The number of rotatable bonds is 12. The van der Waals surface area contributed by atoms with Gasteiger partial charge in [0.15, 0.2) is 0 Å². The second-order valence-corrected chi connectivity index (χ2v) is 15.1. The molecule has 4 aliphatic heterocycles. The first kappa shape index (κ1) is 37.2. The molecule has 0 spiro atoms. The average Bonchev–Trinajstić information content (AvgIpc) is 3.45. The Kier molecular flexibility index (Phi) is 10.7. The van der Waals surface area contributed by atoms with Crippen LogP contribution in [0.5, 0.6) is 11.5 Å². The van der Waals surface area contributed by atoms with E-state index in [2.05, 4.69) is 63.3 Å². The Balaban J connectivity index is 0.791. The number of anilines is 1. The number of likely N-dealkylation sites (tertiary alicyclic amines) is 1. The number of amides is 4. The van der Waals surface area contributed by atoms with E-state index in [1.165, 1.54) is 11.1 Å². The fraction of sp³-hybridized carbons (Fsp3) is 0.333. The van der Waals surface area contributed by atoms with Gasteiger partial charge in [0, 0.05) is 64.5 Å². The highest BCUT2D eigenvalue weighted by molar-refractivity contribution is 6.23. The zero-order valence-corrected chi connectivity index (χ0v) is 31.7. The van der Waals surface area contributed by atoms with Crippen LogP contribution in [0.2, 0.25) is 0 Å². The molecule has 0 radical (unpaired) electrons. The number of aromatic hydroxyl groups is 1. The van der Waals surface area contributed by atoms with Crippen LogP contribution < -0.4 is 15.0 Å². The SMILES string of the molecule is CCC(=C(c1ccc(O)cc1)c1ccc(OCCN2CC(CN3CCN(c4ccc5c(c4)C(=O)N(C4CCC(=O)NC4=O)C5=O)CC3)C2)cc1)c1ccccc1. The zero-order chi connectivity index (χ0) is 38.8. The third-order valence-corrected chi connectivity index (χ3v) is 11.5. The Morgan fingerprint density at radius 2 is 1.45 bits per heavy atom. The van der Waals surface area contributed by atoms with E-state index < -0.39 is 23.8 Å². The number of carbonyl (C=O) groups is 4. The third kappa shape index (κ3) is 7.69. The van der Waals surface area contributed by atoms with Crippen LogP contribution in [-0.2, 0) is 9.59 Å². The molecule has 4 aromatic carbocycles. The van der Waals surface area contributed by atoms with E-state index in [1.54, 1.807) is 24.3 Å². The fourth-order valence-electron chi connectivity index (χ4n) is 8.50. The molecule has 1 atom stereocenters. The molecule has 11 heteroatoms. The molecule has 4 amide bonds. The molecule has 2 N–H and O–H groups in total. The van der Waals surface area contributed by atoms with Gasteiger partial charge in [-0.3, -0.25) is 39.2 Å². The van der Waals surface area contributed by atoms with Crippen LogP contribution in [0.25, 0.3) is 11.1 Å². The highest BCUT2D eigenvalue weighted by Crippen LogP contribution is 2.36. The van der Waals surface area contributed by atoms with Gasteiger partial charge in [-0.2, -0.15) is 0 Å². The number of benzene rings is 4. The maximum Gasteiger partial charge on any atom is 0.262 e. The van der Waals surface area contributed by atoms with Gasteiger partial charge in [0.2, 0.25) is 11.8 Å². The summed E-state index contributed by atoms with van der Waals surface area (Å²) in [4.78, 5) is 58.6. The predicted octanol–water partition coefficient (Wildman–Crippen LogP) is 5.30. The number of nitrogens with zero attached hydrogens (tertiary/aromatic N) is 4. The lowest BCUT2D eigenvalue weighted by molar-refractivity contribution is -0.136. The Morgan fingerprint density at radius 1 is 0.768 bits per heavy atom. The number of hydrogen-bond acceptors (Lipinski definition) is 9. The van der Waals surface area contributed by atoms with Crippen LogP contribution in [0.1, 0.15) is 63.6 Å². The van der Waals surface area contributed by atoms with Crippen molar-refractivity contribution in [3.63, 3.8) is 0 Å². The van der Waals surface area contributed by atoms with Crippen LogP contribution in [-0.4, -0.2) is 108 Å². The van der Waals surface area contributed by atoms with Crippen LogP contribution in [0.4, 0.5) is 5.69 Å². The van der Waals surface area contributed by atoms with Crippen LogP contribution in [0.3, 0.4) is 0 Å². The van der Waals surface area contributed by atoms with E-state index in [0.717, 1.165) is 91.8 Å². The van der Waals surface area contributed by atoms with Crippen molar-refractivity contribution in [2.45, 2.75) is 32.2 Å². The summed E-state index contributed by atoms with van der Waals surface area (Å²) in [5.41, 5.74) is 7.26. The molecular formula is C45H47N5O6. The number of piperidine rings is 1. The Labute approximate surface area is 327 Å². The lowest BCUT2D eigenvalue weighted by Gasteiger charge is -2.44. The number of allylic oxidation sites excluding steroid dienone is 1. The molecule has 288 valence electrons. The third-order valence-electron chi connectivity index (χ3n) is 11.5. The molecule has 0 bridgehead atoms. The molecule has 4 heterocycles. The lowest BCUT2D eigenvalue weighted by atomic mass is 9.88. The van der Waals surface area contributed by atoms with Gasteiger partial charge in [-0.25, -0.2) is 0 Å². The van der Waals surface area contributed by atoms with Crippen LogP contribution in [0, 0.1) is 5.92 Å². The molecule has 11 nitrogen and oxygen atoms in total. The van der Waals surface area contributed by atoms with Gasteiger partial charge in [-0.1, -0.05) is 61.5 Å². The fourth-order valence-corrected chi connectivity index (χ4v) is 8.50. The van der Waals surface area contributed by atoms with E-state index in [-0.39, 0.29) is 24.5 Å². The van der Waals surface area contributed by atoms with Gasteiger partial charge < -0.3 is 14.7 Å². The van der Waals surface area contributed by atoms with Crippen molar-refractivity contribution in [2.24, 2.45) is 5.92 Å². The monoisotopic (exact) mass is 753 g/mol. The molecule has 8 rings (SSSR count). The van der Waals surface area contributed by atoms with Gasteiger partial charge >= 0.3 is 0 Å². The number of phenolic OH excluding ortho intramolecular Hbond substituents is 1. The molecule has 0 saturated carbocycles. The minimum Gasteiger partial charge on any atom is -0.508 e. The van der Waals surface area contributed by atoms with Gasteiger partial charge in [0.1, 0.15) is 24.1 Å². The van der Waals surface area contributed by atoms with E-state index in [9.17, 15) is 24.3 Å². The summed E-state index contributed by atoms with van der Waals surface area (Å²) >= 11 is 0. The molecule has 4 aromatic rings. The summed E-state index contributed by atoms with van der Waals surface area (Å²) < 4.78 is 6.19. The normalized spacial score (nSPS) is 19.8. The number of hydrogen-bond donors (Lipinski definition) is 2. The Morgan fingerprint density at radius 3 is 2.12 bits per heavy atom. The molecule has 1 unspecified atom stereocenters. The standard InChI is InChI=1S/C45H47N5O6/c1-2-37(31-6-4-3-5-7-31)42(32-8-13-35(51)14-9-32)33-10-15-36(16-11-33)56-25-24-48-28-30(29-48)27-47-20-22-49(23-21-47)34-12-17-38-39(26-34)45(55)50(44(38)54)40-18-19-41(52)46-43(40)53/h3-17,26,30,40,51H,2,18-25,27-29H2,1H3,(H,46,52,53). The number of phenols is 1. The summed E-state index contributed by atoms with van der Waals surface area (Å²) in [6.45, 7) is 10.3. The number of fused-ring (bicyclic) bond motifs is 1. The van der Waals surface area contributed by atoms with E-state index in [0.29, 0.717) is 23.7 Å². The maximum atomic E-state index is 13.3. The Hall–Kier alpha value is -5.78. The van der Waals surface area contributed by atoms with Crippen LogP contribution >= 0.6 is 0 Å². The molecule has 0 aliphatic carbocycles. The van der Waals surface area contributed by atoms with Gasteiger partial charge in [-0.15, -0.1) is 0 Å². The first-order valence-electron chi connectivity index (χ1n) is 19.6. The lowest BCUT2D eigenvalue weighted by Crippen LogP contribution is -2.55. The zero-order valence-electron chi connectivity index (χ0n) is 31.7. The van der Waals surface area contributed by atoms with Crippen molar-refractivity contribution in [3.8, 4) is 11.5 Å². The number of piperazine rings is 1. The summed E-state index contributed by atoms with van der Waals surface area (Å²) in [6, 6.07) is 30.6. The molecule has 3 saturated heterocycles. The second-order valence-electron chi connectivity index (χ2n) is 15.1. The van der Waals surface area contributed by atoms with E-state index in [1.807, 2.05) is 36.4 Å². The second kappa shape index (κ2) is 16.1. The van der Waals surface area contributed by atoms with E-state index in [4.69, 9.17) is 4.74 Å². The van der Waals surface area contributed by atoms with Crippen molar-refractivity contribution in [3.05, 3.63) is 125 Å². The van der Waals surface area contributed by atoms with Crippen LogP contribution in [0.15, 0.2) is 97.1 Å². The topological polar surface area (TPSA) is 123 Å². The van der Waals surface area contributed by atoms with Crippen molar-refractivity contribution in [1.82, 2.24) is 20.0 Å². The minimum absolute atomic E-state index is 0.0992. The molecule has 3 fully saturated rings. The van der Waals surface area contributed by atoms with Gasteiger partial charge in [0.05, 0.1) is 11.1 Å². The molecule has 0 aromatic heterocycles.